The van der Waals surface area contributed by atoms with Gasteiger partial charge in [0.2, 0.25) is 0 Å². The van der Waals surface area contributed by atoms with Crippen LogP contribution in [0.3, 0.4) is 0 Å². The Morgan fingerprint density at radius 2 is 0.640 bits per heavy atom. The molecule has 0 aromatic rings. The molecule has 0 heterocycles. The van der Waals surface area contributed by atoms with Gasteiger partial charge in [0.15, 0.2) is 0 Å². The minimum Gasteiger partial charge on any atom is -0.171 e. The second-order valence-corrected chi connectivity index (χ2v) is 13.8. The second kappa shape index (κ2) is 70.2. The quantitative estimate of drug-likeness (QED) is 0.237. The average Bonchev–Trinajstić information content (AvgIpc) is 2.96. The molecule has 0 aromatic carbocycles. The van der Waals surface area contributed by atoms with E-state index in [1.54, 1.807) is 6.92 Å². The van der Waals surface area contributed by atoms with Gasteiger partial charge in [0.25, 0.3) is 0 Å². The summed E-state index contributed by atoms with van der Waals surface area (Å²) in [6.07, 6.45) is 1.10. The fourth-order valence-electron chi connectivity index (χ4n) is 0.585. The topological polar surface area (TPSA) is 0 Å². The molecule has 0 aliphatic heterocycles. The molecular weight excluding hydrogens is 642 g/mol. The van der Waals surface area contributed by atoms with Crippen LogP contribution in [0.1, 0.15) is 250 Å². The third-order valence-corrected chi connectivity index (χ3v) is 4.20. The van der Waals surface area contributed by atoms with Crippen molar-refractivity contribution in [2.45, 2.75) is 257 Å². The number of halogens is 6. The summed E-state index contributed by atoms with van der Waals surface area (Å²) < 4.78 is 95.5. The molecule has 0 N–H and O–H groups in total. The molecule has 0 saturated carbocycles. The van der Waals surface area contributed by atoms with E-state index in [1.807, 2.05) is 62.3 Å². The van der Waals surface area contributed by atoms with Gasteiger partial charge >= 0.3 is 12.4 Å². The number of hydrogen-bond donors (Lipinski definition) is 0. The summed E-state index contributed by atoms with van der Waals surface area (Å²) in [6.45, 7) is 49.7. The van der Waals surface area contributed by atoms with E-state index < -0.39 is 30.6 Å². The van der Waals surface area contributed by atoms with E-state index in [1.165, 1.54) is 58.8 Å². The van der Waals surface area contributed by atoms with E-state index in [0.717, 1.165) is 25.7 Å². The lowest BCUT2D eigenvalue weighted by molar-refractivity contribution is -0.170. The minimum absolute atomic E-state index is 0.170. The predicted molar refractivity (Wildman–Crippen MR) is 227 cm³/mol. The maximum absolute atomic E-state index is 11.4. The van der Waals surface area contributed by atoms with Crippen molar-refractivity contribution in [1.82, 2.24) is 0 Å². The second-order valence-electron chi connectivity index (χ2n) is 13.8. The van der Waals surface area contributed by atoms with Crippen molar-refractivity contribution in [3.8, 4) is 0 Å². The molecule has 0 bridgehead atoms. The molecule has 0 rings (SSSR count). The number of unbranched alkanes of at least 4 members (excludes halogenated alkanes) is 3. The Hall–Kier alpha value is -0.420. The van der Waals surface area contributed by atoms with Gasteiger partial charge in [-0.05, 0) is 30.0 Å². The van der Waals surface area contributed by atoms with Crippen LogP contribution in [0.5, 0.6) is 0 Å². The smallest absolute Gasteiger partial charge is 0.171 e. The highest BCUT2D eigenvalue weighted by molar-refractivity contribution is 4.58. The first-order valence-corrected chi connectivity index (χ1v) is 19.9. The first kappa shape index (κ1) is 64.5. The lowest BCUT2D eigenvalue weighted by Gasteiger charge is -2.11. The third-order valence-electron chi connectivity index (χ3n) is 4.20. The van der Waals surface area contributed by atoms with E-state index in [2.05, 4.69) is 83.1 Å². The molecule has 0 nitrogen and oxygen atoms in total. The van der Waals surface area contributed by atoms with Crippen molar-refractivity contribution in [3.63, 3.8) is 0 Å². The van der Waals surface area contributed by atoms with Crippen LogP contribution in [0.2, 0.25) is 0 Å². The van der Waals surface area contributed by atoms with E-state index in [4.69, 9.17) is 5.48 Å². The van der Waals surface area contributed by atoms with Crippen LogP contribution >= 0.6 is 0 Å². The van der Waals surface area contributed by atoms with Gasteiger partial charge in [0.1, 0.15) is 0 Å². The molecular formula is C44H104F6. The summed E-state index contributed by atoms with van der Waals surface area (Å²) in [4.78, 5) is 0. The fraction of sp³-hybridized carbons (Fsp3) is 1.00. The van der Waals surface area contributed by atoms with Crippen LogP contribution in [-0.2, 0) is 0 Å². The molecule has 0 aliphatic rings. The number of rotatable bonds is 6. The van der Waals surface area contributed by atoms with Crippen LogP contribution in [0.4, 0.5) is 26.3 Å². The van der Waals surface area contributed by atoms with Gasteiger partial charge < -0.3 is 0 Å². The zero-order chi connectivity index (χ0) is 47.2. The van der Waals surface area contributed by atoms with Gasteiger partial charge in [-0.25, -0.2) is 0 Å². The molecule has 0 fully saturated rings. The highest BCUT2D eigenvalue weighted by Crippen LogP contribution is 2.27. The van der Waals surface area contributed by atoms with Crippen molar-refractivity contribution in [2.24, 2.45) is 35.5 Å². The molecule has 1 unspecified atom stereocenters. The molecule has 0 saturated heterocycles. The first-order chi connectivity index (χ1) is 23.7. The zero-order valence-corrected chi connectivity index (χ0v) is 39.4. The maximum atomic E-state index is 11.4. The Bertz CT molecular complexity index is 541. The average molecular weight is 751 g/mol. The molecule has 0 aromatic heterocycles. The Kier molecular flexibility index (Phi) is 90.6. The fourth-order valence-corrected chi connectivity index (χ4v) is 0.585. The van der Waals surface area contributed by atoms with Gasteiger partial charge in [0, 0.05) is 11.4 Å². The molecule has 50 heavy (non-hydrogen) atoms. The van der Waals surface area contributed by atoms with Gasteiger partial charge in [-0.3, -0.25) is 0 Å². The van der Waals surface area contributed by atoms with Crippen LogP contribution in [0, 0.1) is 35.5 Å². The van der Waals surface area contributed by atoms with Crippen molar-refractivity contribution in [1.29, 1.82) is 0 Å². The third kappa shape index (κ3) is 269. The van der Waals surface area contributed by atoms with Crippen molar-refractivity contribution in [3.05, 3.63) is 0 Å². The van der Waals surface area contributed by atoms with Crippen molar-refractivity contribution in [2.75, 3.05) is 0 Å². The molecule has 0 radical (unpaired) electrons. The van der Waals surface area contributed by atoms with Crippen LogP contribution in [0.15, 0.2) is 0 Å². The lowest BCUT2D eigenvalue weighted by Crippen LogP contribution is -2.18. The zero-order valence-electron chi connectivity index (χ0n) is 43.4. The standard InChI is InChI=1S/C5H9F3.2C5H12.C4H7F3.5C4H10.C3H8.C2H6/c1-3-4(2)5(6,7)8;1-4-5(2)3;1-3-5-4-2;1-3(2)4(5,6)7;3*1-4(2)3;2*1-3-4-2;1-3-2;1-2/h4H,3H2,1-2H3;5H,4H2,1-3H3;3-5H2,1-2H3;3H,1-2H3;3*4H,1-3H3;2*3-4H2,1-2H3;3H2,1-2H3;1-2H3/i;;;;2*4D;;3D2;;;. The molecule has 0 aliphatic carbocycles. The Labute approximate surface area is 323 Å². The Balaban J connectivity index is -0.0000000425. The van der Waals surface area contributed by atoms with E-state index in [0.29, 0.717) is 6.42 Å². The monoisotopic (exact) mass is 751 g/mol. The van der Waals surface area contributed by atoms with E-state index in [9.17, 15) is 26.3 Å². The molecule has 322 valence electrons. The van der Waals surface area contributed by atoms with Gasteiger partial charge in [-0.2, -0.15) is 26.3 Å². The molecule has 1 atom stereocenters. The largest absolute Gasteiger partial charge is 0.391 e. The lowest BCUT2D eigenvalue weighted by atomic mass is 10.1. The van der Waals surface area contributed by atoms with Crippen LogP contribution < -0.4 is 0 Å². The van der Waals surface area contributed by atoms with E-state index >= 15 is 0 Å². The van der Waals surface area contributed by atoms with Gasteiger partial charge in [0.05, 0.1) is 5.92 Å². The Morgan fingerprint density at radius 3 is 0.640 bits per heavy atom. The summed E-state index contributed by atoms with van der Waals surface area (Å²) in [5.41, 5.74) is 0. The van der Waals surface area contributed by atoms with Crippen LogP contribution in [-0.4, -0.2) is 12.4 Å². The van der Waals surface area contributed by atoms with Crippen LogP contribution in [0.25, 0.3) is 0 Å². The summed E-state index contributed by atoms with van der Waals surface area (Å²) in [5.74, 6) is -1.13. The van der Waals surface area contributed by atoms with Gasteiger partial charge in [-0.1, -0.05) is 238 Å². The minimum atomic E-state index is -4.00. The summed E-state index contributed by atoms with van der Waals surface area (Å²) in [6, 6.07) is 0. The first-order valence-electron chi connectivity index (χ1n) is 21.9. The van der Waals surface area contributed by atoms with Gasteiger partial charge in [-0.15, -0.1) is 0 Å². The normalized spacial score (nSPS) is 11.9. The Morgan fingerprint density at radius 1 is 0.460 bits per heavy atom. The molecule has 0 spiro atoms. The predicted octanol–water partition coefficient (Wildman–Crippen LogP) is 20.1. The van der Waals surface area contributed by atoms with E-state index in [-0.39, 0.29) is 18.2 Å². The number of alkyl halides is 6. The summed E-state index contributed by atoms with van der Waals surface area (Å²) in [5, 5.41) is 0. The summed E-state index contributed by atoms with van der Waals surface area (Å²) >= 11 is 0. The molecule has 0 amide bonds. The van der Waals surface area contributed by atoms with Crippen molar-refractivity contribution < 1.29 is 31.8 Å². The SMILES string of the molecule is CC.CC(C)C.CC(C)C(F)(F)F.CCC.CCC(C)C.CCC(C)C(F)(F)F.CCCC.CCCCC.[2H]C(C)(C)C.[2H]C(C)(C)C.[2H]C([2H])(C)CC. The highest BCUT2D eigenvalue weighted by Gasteiger charge is 2.34. The maximum Gasteiger partial charge on any atom is 0.391 e. The molecule has 6 heteroatoms. The summed E-state index contributed by atoms with van der Waals surface area (Å²) in [7, 11) is 0. The highest BCUT2D eigenvalue weighted by atomic mass is 19.4. The van der Waals surface area contributed by atoms with Crippen molar-refractivity contribution >= 4 is 0 Å². The number of hydrogen-bond acceptors (Lipinski definition) is 0.